The Morgan fingerprint density at radius 2 is 1.36 bits per heavy atom. The summed E-state index contributed by atoms with van der Waals surface area (Å²) < 4.78 is 8.41. The molecule has 0 bridgehead atoms. The monoisotopic (exact) mass is 734 g/mol. The summed E-state index contributed by atoms with van der Waals surface area (Å²) in [5.74, 6) is 0.0909. The van der Waals surface area contributed by atoms with Gasteiger partial charge in [-0.15, -0.1) is 0 Å². The van der Waals surface area contributed by atoms with Gasteiger partial charge in [-0.1, -0.05) is 168 Å². The van der Waals surface area contributed by atoms with Crippen molar-refractivity contribution in [2.24, 2.45) is 5.22 Å². The molecule has 2 N–H and O–H groups in total. The van der Waals surface area contributed by atoms with Gasteiger partial charge in [0.2, 0.25) is 0 Å². The number of nitrogens with one attached hydrogen (secondary N) is 2. The fraction of sp³-hybridized carbons (Fsp3) is 0.0909. The number of ether oxygens (including phenoxy) is 1. The second kappa shape index (κ2) is 16.2. The summed E-state index contributed by atoms with van der Waals surface area (Å²) in [6.07, 6.45) is 5.06. The number of halogens is 2. The van der Waals surface area contributed by atoms with Gasteiger partial charge < -0.3 is 9.30 Å². The molecule has 1 heterocycles. The van der Waals surface area contributed by atoms with Crippen LogP contribution in [0, 0.1) is 10.9 Å². The highest BCUT2D eigenvalue weighted by Crippen LogP contribution is 2.43. The molecule has 0 aliphatic heterocycles. The maximum absolute atomic E-state index is 9.62. The third kappa shape index (κ3) is 7.55. The molecule has 1 atom stereocenters. The van der Waals surface area contributed by atoms with Gasteiger partial charge in [-0.05, 0) is 51.6 Å². The molecule has 0 saturated carbocycles. The summed E-state index contributed by atoms with van der Waals surface area (Å²) in [6, 6.07) is 51.4. The standard InChI is InChI=1S/C44H36Cl2N6O/c45-39-23-24-40(41(46)28-39)42(29-51-26-25-49-31-51)53-30-32-19-21-33(22-20-32)34-11-10-12-35(27-34)43(47)52(50-48)44(36-13-4-1-5-14-36,37-15-6-2-7-16-37)38-17-8-3-9-18-38/h1-28,31,42,47-48H,29-30H2. The highest BCUT2D eigenvalue weighted by atomic mass is 35.5. The second-order valence-electron chi connectivity index (χ2n) is 12.6. The lowest BCUT2D eigenvalue weighted by Gasteiger charge is -2.42. The van der Waals surface area contributed by atoms with Crippen LogP contribution < -0.4 is 0 Å². The minimum Gasteiger partial charge on any atom is -0.367 e. The zero-order valence-corrected chi connectivity index (χ0v) is 30.2. The number of rotatable bonds is 13. The minimum atomic E-state index is -1.09. The van der Waals surface area contributed by atoms with Crippen molar-refractivity contribution in [1.29, 1.82) is 10.9 Å². The van der Waals surface area contributed by atoms with E-state index in [4.69, 9.17) is 33.5 Å². The lowest BCUT2D eigenvalue weighted by Crippen LogP contribution is -2.48. The van der Waals surface area contributed by atoms with E-state index in [-0.39, 0.29) is 11.9 Å². The van der Waals surface area contributed by atoms with E-state index in [2.05, 4.69) is 22.3 Å². The number of benzene rings is 6. The molecule has 0 radical (unpaired) electrons. The van der Waals surface area contributed by atoms with Crippen molar-refractivity contribution in [3.8, 4) is 11.1 Å². The second-order valence-corrected chi connectivity index (χ2v) is 13.4. The summed E-state index contributed by atoms with van der Waals surface area (Å²) in [6.45, 7) is 0.906. The van der Waals surface area contributed by atoms with Gasteiger partial charge in [-0.3, -0.25) is 5.41 Å². The summed E-state index contributed by atoms with van der Waals surface area (Å²) in [5.41, 5.74) is 14.5. The smallest absolute Gasteiger partial charge is 0.152 e. The van der Waals surface area contributed by atoms with Crippen LogP contribution in [0.15, 0.2) is 182 Å². The molecule has 9 heteroatoms. The average Bonchev–Trinajstić information content (AvgIpc) is 3.73. The number of amidine groups is 1. The molecule has 0 fully saturated rings. The number of hydrogen-bond donors (Lipinski definition) is 2. The highest BCUT2D eigenvalue weighted by Gasteiger charge is 2.44. The maximum Gasteiger partial charge on any atom is 0.152 e. The van der Waals surface area contributed by atoms with Crippen molar-refractivity contribution >= 4 is 29.0 Å². The van der Waals surface area contributed by atoms with Gasteiger partial charge in [0, 0.05) is 33.6 Å². The molecule has 1 unspecified atom stereocenters. The first-order valence-corrected chi connectivity index (χ1v) is 17.9. The van der Waals surface area contributed by atoms with Gasteiger partial charge in [0.05, 0.1) is 19.5 Å². The van der Waals surface area contributed by atoms with E-state index >= 15 is 0 Å². The van der Waals surface area contributed by atoms with Gasteiger partial charge in [0.15, 0.2) is 5.84 Å². The van der Waals surface area contributed by atoms with Crippen LogP contribution in [0.5, 0.6) is 0 Å². The van der Waals surface area contributed by atoms with Gasteiger partial charge in [0.1, 0.15) is 11.6 Å². The molecule has 0 aliphatic rings. The Kier molecular flexibility index (Phi) is 10.9. The first-order valence-electron chi connectivity index (χ1n) is 17.1. The van der Waals surface area contributed by atoms with Crippen LogP contribution in [0.4, 0.5) is 0 Å². The zero-order valence-electron chi connectivity index (χ0n) is 28.7. The molecule has 1 aromatic heterocycles. The van der Waals surface area contributed by atoms with Gasteiger partial charge in [-0.25, -0.2) is 9.99 Å². The Bertz CT molecular complexity index is 2190. The minimum absolute atomic E-state index is 0.0909. The maximum atomic E-state index is 9.62. The van der Waals surface area contributed by atoms with E-state index in [1.165, 1.54) is 5.01 Å². The van der Waals surface area contributed by atoms with Crippen LogP contribution in [0.2, 0.25) is 10.0 Å². The van der Waals surface area contributed by atoms with Crippen LogP contribution >= 0.6 is 23.2 Å². The summed E-state index contributed by atoms with van der Waals surface area (Å²) in [5, 5.41) is 16.3. The van der Waals surface area contributed by atoms with E-state index in [0.717, 1.165) is 38.9 Å². The molecular formula is C44H36Cl2N6O. The van der Waals surface area contributed by atoms with Crippen molar-refractivity contribution < 1.29 is 4.74 Å². The summed E-state index contributed by atoms with van der Waals surface area (Å²) >= 11 is 12.8. The summed E-state index contributed by atoms with van der Waals surface area (Å²) in [7, 11) is 0. The molecule has 7 aromatic rings. The van der Waals surface area contributed by atoms with Crippen molar-refractivity contribution in [3.05, 3.63) is 220 Å². The van der Waals surface area contributed by atoms with Crippen LogP contribution in [-0.2, 0) is 23.4 Å². The van der Waals surface area contributed by atoms with Crippen LogP contribution in [0.3, 0.4) is 0 Å². The molecule has 0 spiro atoms. The Balaban J connectivity index is 1.17. The van der Waals surface area contributed by atoms with Gasteiger partial charge in [-0.2, -0.15) is 5.53 Å². The third-order valence-electron chi connectivity index (χ3n) is 9.32. The van der Waals surface area contributed by atoms with Crippen molar-refractivity contribution in [2.75, 3.05) is 0 Å². The SMILES string of the molecule is N=NN(C(=N)c1cccc(-c2ccc(COC(Cn3ccnc3)c3ccc(Cl)cc3Cl)cc2)c1)C(c1ccccc1)(c1ccccc1)c1ccccc1. The topological polar surface area (TPSA) is 90.4 Å². The fourth-order valence-corrected chi connectivity index (χ4v) is 7.28. The normalized spacial score (nSPS) is 11.9. The lowest BCUT2D eigenvalue weighted by molar-refractivity contribution is 0.0280. The highest BCUT2D eigenvalue weighted by molar-refractivity contribution is 6.35. The number of nitrogens with zero attached hydrogens (tertiary/aromatic N) is 4. The average molecular weight is 736 g/mol. The van der Waals surface area contributed by atoms with Crippen molar-refractivity contribution in [1.82, 2.24) is 14.6 Å². The Labute approximate surface area is 319 Å². The molecule has 0 amide bonds. The molecule has 262 valence electrons. The largest absolute Gasteiger partial charge is 0.367 e. The van der Waals surface area contributed by atoms with Crippen molar-refractivity contribution in [2.45, 2.75) is 24.8 Å². The van der Waals surface area contributed by atoms with E-state index in [1.807, 2.05) is 150 Å². The van der Waals surface area contributed by atoms with E-state index in [0.29, 0.717) is 28.8 Å². The predicted octanol–water partition coefficient (Wildman–Crippen LogP) is 11.4. The number of aromatic nitrogens is 2. The Morgan fingerprint density at radius 1 is 0.736 bits per heavy atom. The predicted molar refractivity (Wildman–Crippen MR) is 211 cm³/mol. The van der Waals surface area contributed by atoms with Crippen molar-refractivity contribution in [3.63, 3.8) is 0 Å². The molecule has 0 aliphatic carbocycles. The van der Waals surface area contributed by atoms with Gasteiger partial charge in [0.25, 0.3) is 0 Å². The summed E-state index contributed by atoms with van der Waals surface area (Å²) in [4.78, 5) is 4.17. The van der Waals surface area contributed by atoms with E-state index in [1.54, 1.807) is 18.6 Å². The van der Waals surface area contributed by atoms with E-state index in [9.17, 15) is 5.41 Å². The molecule has 7 rings (SSSR count). The van der Waals surface area contributed by atoms with Crippen LogP contribution in [0.1, 0.15) is 39.5 Å². The first-order chi connectivity index (χ1) is 26.0. The number of hydrogen-bond acceptors (Lipinski definition) is 5. The molecule has 53 heavy (non-hydrogen) atoms. The first kappa shape index (κ1) is 35.5. The zero-order chi connectivity index (χ0) is 36.6. The number of imidazole rings is 1. The lowest BCUT2D eigenvalue weighted by atomic mass is 9.76. The van der Waals surface area contributed by atoms with Crippen LogP contribution in [-0.4, -0.2) is 20.4 Å². The fourth-order valence-electron chi connectivity index (χ4n) is 6.75. The molecule has 7 nitrogen and oxygen atoms in total. The van der Waals surface area contributed by atoms with E-state index < -0.39 is 5.54 Å². The Morgan fingerprint density at radius 3 is 1.91 bits per heavy atom. The molecule has 0 saturated heterocycles. The molecule has 6 aromatic carbocycles. The Hall–Kier alpha value is -5.86. The quantitative estimate of drug-likeness (QED) is 0.0406. The third-order valence-corrected chi connectivity index (χ3v) is 9.89. The van der Waals surface area contributed by atoms with Crippen LogP contribution in [0.25, 0.3) is 11.1 Å². The molecular weight excluding hydrogens is 699 g/mol. The van der Waals surface area contributed by atoms with Gasteiger partial charge >= 0.3 is 0 Å².